The van der Waals surface area contributed by atoms with Gasteiger partial charge in [0.25, 0.3) is 0 Å². The Kier molecular flexibility index (Phi) is 5.13. The van der Waals surface area contributed by atoms with Gasteiger partial charge in [0.1, 0.15) is 5.82 Å². The summed E-state index contributed by atoms with van der Waals surface area (Å²) in [4.78, 5) is 22.4. The highest BCUT2D eigenvalue weighted by molar-refractivity contribution is 5.95. The first kappa shape index (κ1) is 18.1. The van der Waals surface area contributed by atoms with Gasteiger partial charge in [0.15, 0.2) is 0 Å². The normalized spacial score (nSPS) is 10.9. The molecular formula is C22H15FO4. The van der Waals surface area contributed by atoms with E-state index < -0.39 is 11.9 Å². The molecule has 0 saturated heterocycles. The second kappa shape index (κ2) is 7.66. The lowest BCUT2D eigenvalue weighted by molar-refractivity contribution is 0.0686. The van der Waals surface area contributed by atoms with E-state index in [1.807, 2.05) is 0 Å². The van der Waals surface area contributed by atoms with Gasteiger partial charge in [-0.05, 0) is 58.7 Å². The summed E-state index contributed by atoms with van der Waals surface area (Å²) in [6.07, 6.45) is 3.37. The monoisotopic (exact) mass is 362 g/mol. The maximum absolute atomic E-state index is 13.1. The fourth-order valence-corrected chi connectivity index (χ4v) is 2.64. The van der Waals surface area contributed by atoms with Crippen LogP contribution in [0, 0.1) is 5.82 Å². The van der Waals surface area contributed by atoms with Crippen LogP contribution in [0.15, 0.2) is 66.7 Å². The Labute approximate surface area is 154 Å². The quantitative estimate of drug-likeness (QED) is 0.622. The molecule has 5 heteroatoms. The summed E-state index contributed by atoms with van der Waals surface area (Å²) < 4.78 is 13.1. The van der Waals surface area contributed by atoms with Gasteiger partial charge in [-0.3, -0.25) is 0 Å². The topological polar surface area (TPSA) is 74.6 Å². The van der Waals surface area contributed by atoms with Gasteiger partial charge in [0.05, 0.1) is 11.1 Å². The molecule has 0 aromatic heterocycles. The standard InChI is InChI=1S/C22H15FO4/c23-19-10-7-15(8-11-19)17-9-12-20(22(26)27)18(13-17)6-3-14-1-4-16(5-2-14)21(24)25/h1-13H,(H,24,25)(H,26,27). The zero-order chi connectivity index (χ0) is 19.4. The van der Waals surface area contributed by atoms with E-state index in [0.29, 0.717) is 5.56 Å². The Balaban J connectivity index is 1.96. The second-order valence-electron chi connectivity index (χ2n) is 5.87. The molecule has 0 saturated carbocycles. The van der Waals surface area contributed by atoms with Crippen LogP contribution in [0.25, 0.3) is 23.3 Å². The molecule has 3 aromatic rings. The van der Waals surface area contributed by atoms with Gasteiger partial charge in [0.2, 0.25) is 0 Å². The molecule has 0 radical (unpaired) electrons. The number of carboxylic acid groups (broad SMARTS) is 2. The maximum atomic E-state index is 13.1. The van der Waals surface area contributed by atoms with E-state index in [0.717, 1.165) is 16.7 Å². The highest BCUT2D eigenvalue weighted by atomic mass is 19.1. The number of rotatable bonds is 5. The van der Waals surface area contributed by atoms with Crippen LogP contribution in [0.3, 0.4) is 0 Å². The number of benzene rings is 3. The van der Waals surface area contributed by atoms with Crippen LogP contribution in [0.4, 0.5) is 4.39 Å². The molecule has 4 nitrogen and oxygen atoms in total. The first-order valence-corrected chi connectivity index (χ1v) is 8.09. The van der Waals surface area contributed by atoms with E-state index in [-0.39, 0.29) is 16.9 Å². The molecule has 0 aliphatic carbocycles. The summed E-state index contributed by atoms with van der Waals surface area (Å²) in [6.45, 7) is 0. The van der Waals surface area contributed by atoms with Crippen molar-refractivity contribution in [3.63, 3.8) is 0 Å². The number of aromatic carboxylic acids is 2. The molecule has 0 spiro atoms. The van der Waals surface area contributed by atoms with Crippen molar-refractivity contribution < 1.29 is 24.2 Å². The molecule has 0 heterocycles. The van der Waals surface area contributed by atoms with E-state index in [4.69, 9.17) is 5.11 Å². The number of hydrogen-bond donors (Lipinski definition) is 2. The molecule has 3 rings (SSSR count). The number of carbonyl (C=O) groups is 2. The average Bonchev–Trinajstić information content (AvgIpc) is 2.67. The Morgan fingerprint density at radius 3 is 1.96 bits per heavy atom. The number of carboxylic acids is 2. The summed E-state index contributed by atoms with van der Waals surface area (Å²) in [6, 6.07) is 17.1. The predicted octanol–water partition coefficient (Wildman–Crippen LogP) is 5.06. The third-order valence-electron chi connectivity index (χ3n) is 4.07. The van der Waals surface area contributed by atoms with Crippen molar-refractivity contribution in [2.24, 2.45) is 0 Å². The molecule has 0 amide bonds. The van der Waals surface area contributed by atoms with Crippen molar-refractivity contribution in [1.29, 1.82) is 0 Å². The fraction of sp³-hybridized carbons (Fsp3) is 0. The third kappa shape index (κ3) is 4.27. The van der Waals surface area contributed by atoms with Crippen molar-refractivity contribution in [3.05, 3.63) is 94.8 Å². The highest BCUT2D eigenvalue weighted by Gasteiger charge is 2.10. The van der Waals surface area contributed by atoms with Crippen LogP contribution in [0.5, 0.6) is 0 Å². The van der Waals surface area contributed by atoms with Crippen molar-refractivity contribution in [2.45, 2.75) is 0 Å². The van der Waals surface area contributed by atoms with Crippen molar-refractivity contribution >= 4 is 24.1 Å². The molecule has 0 bridgehead atoms. The Morgan fingerprint density at radius 1 is 0.741 bits per heavy atom. The summed E-state index contributed by atoms with van der Waals surface area (Å²) in [7, 11) is 0. The Hall–Kier alpha value is -3.73. The minimum absolute atomic E-state index is 0.138. The second-order valence-corrected chi connectivity index (χ2v) is 5.87. The maximum Gasteiger partial charge on any atom is 0.336 e. The van der Waals surface area contributed by atoms with Crippen LogP contribution in [-0.2, 0) is 0 Å². The van der Waals surface area contributed by atoms with Gasteiger partial charge in [0, 0.05) is 0 Å². The van der Waals surface area contributed by atoms with Crippen molar-refractivity contribution in [1.82, 2.24) is 0 Å². The smallest absolute Gasteiger partial charge is 0.336 e. The molecule has 2 N–H and O–H groups in total. The van der Waals surface area contributed by atoms with Crippen LogP contribution in [0.2, 0.25) is 0 Å². The van der Waals surface area contributed by atoms with Gasteiger partial charge in [-0.2, -0.15) is 0 Å². The molecule has 134 valence electrons. The van der Waals surface area contributed by atoms with E-state index >= 15 is 0 Å². The molecular weight excluding hydrogens is 347 g/mol. The van der Waals surface area contributed by atoms with Crippen LogP contribution >= 0.6 is 0 Å². The summed E-state index contributed by atoms with van der Waals surface area (Å²) in [5.74, 6) is -2.40. The number of hydrogen-bond acceptors (Lipinski definition) is 2. The molecule has 0 aliphatic rings. The van der Waals surface area contributed by atoms with Gasteiger partial charge < -0.3 is 10.2 Å². The fourth-order valence-electron chi connectivity index (χ4n) is 2.64. The van der Waals surface area contributed by atoms with E-state index in [2.05, 4.69) is 0 Å². The third-order valence-corrected chi connectivity index (χ3v) is 4.07. The summed E-state index contributed by atoms with van der Waals surface area (Å²) >= 11 is 0. The molecule has 0 unspecified atom stereocenters. The molecule has 3 aromatic carbocycles. The highest BCUT2D eigenvalue weighted by Crippen LogP contribution is 2.24. The first-order chi connectivity index (χ1) is 12.9. The predicted molar refractivity (Wildman–Crippen MR) is 101 cm³/mol. The first-order valence-electron chi connectivity index (χ1n) is 8.09. The lowest BCUT2D eigenvalue weighted by atomic mass is 9.98. The average molecular weight is 362 g/mol. The SMILES string of the molecule is O=C(O)c1ccc(C=Cc2cc(-c3ccc(F)cc3)ccc2C(=O)O)cc1. The van der Waals surface area contributed by atoms with Crippen LogP contribution in [-0.4, -0.2) is 22.2 Å². The van der Waals surface area contributed by atoms with Gasteiger partial charge in [-0.1, -0.05) is 42.5 Å². The zero-order valence-electron chi connectivity index (χ0n) is 14.1. The summed E-state index contributed by atoms with van der Waals surface area (Å²) in [5, 5.41) is 18.3. The minimum Gasteiger partial charge on any atom is -0.478 e. The molecule has 0 fully saturated rings. The molecule has 0 aliphatic heterocycles. The van der Waals surface area contributed by atoms with E-state index in [1.165, 1.54) is 30.3 Å². The Bertz CT molecular complexity index is 1020. The zero-order valence-corrected chi connectivity index (χ0v) is 14.1. The molecule has 0 atom stereocenters. The van der Waals surface area contributed by atoms with Gasteiger partial charge >= 0.3 is 11.9 Å². The largest absolute Gasteiger partial charge is 0.478 e. The Morgan fingerprint density at radius 2 is 1.37 bits per heavy atom. The minimum atomic E-state index is -1.05. The van der Waals surface area contributed by atoms with Crippen molar-refractivity contribution in [2.75, 3.05) is 0 Å². The van der Waals surface area contributed by atoms with Crippen LogP contribution < -0.4 is 0 Å². The van der Waals surface area contributed by atoms with E-state index in [9.17, 15) is 19.1 Å². The van der Waals surface area contributed by atoms with Crippen LogP contribution in [0.1, 0.15) is 31.8 Å². The lowest BCUT2D eigenvalue weighted by Crippen LogP contribution is -1.99. The lowest BCUT2D eigenvalue weighted by Gasteiger charge is -2.07. The van der Waals surface area contributed by atoms with Gasteiger partial charge in [-0.25, -0.2) is 14.0 Å². The summed E-state index contributed by atoms with van der Waals surface area (Å²) in [5.41, 5.74) is 3.08. The van der Waals surface area contributed by atoms with E-state index in [1.54, 1.807) is 48.6 Å². The molecule has 27 heavy (non-hydrogen) atoms. The van der Waals surface area contributed by atoms with Crippen molar-refractivity contribution in [3.8, 4) is 11.1 Å². The van der Waals surface area contributed by atoms with Gasteiger partial charge in [-0.15, -0.1) is 0 Å². The number of halogens is 1.